The van der Waals surface area contributed by atoms with Crippen LogP contribution in [-0.4, -0.2) is 74.4 Å². The summed E-state index contributed by atoms with van der Waals surface area (Å²) in [5.74, 6) is 2.00. The Kier molecular flexibility index (Phi) is 8.47. The smallest absolute Gasteiger partial charge is 0.274 e. The number of aryl methyl sites for hydroxylation is 1. The summed E-state index contributed by atoms with van der Waals surface area (Å²) in [4.78, 5) is 20.8. The monoisotopic (exact) mass is 604 g/mol. The number of aromatic nitrogens is 2. The van der Waals surface area contributed by atoms with Crippen molar-refractivity contribution >= 4 is 32.3 Å². The molecule has 2 aromatic carbocycles. The Labute approximate surface area is 252 Å². The Morgan fingerprint density at radius 2 is 1.79 bits per heavy atom. The van der Waals surface area contributed by atoms with Gasteiger partial charge in [-0.25, -0.2) is 8.42 Å². The van der Waals surface area contributed by atoms with Crippen molar-refractivity contribution in [2.75, 3.05) is 61.2 Å². The van der Waals surface area contributed by atoms with Crippen LogP contribution in [0.15, 0.2) is 65.7 Å². The number of ether oxygens (including phenoxy) is 1. The topological polar surface area (TPSA) is 112 Å². The van der Waals surface area contributed by atoms with Crippen molar-refractivity contribution in [3.63, 3.8) is 0 Å². The lowest BCUT2D eigenvalue weighted by Gasteiger charge is -2.38. The Balaban J connectivity index is 1.26. The summed E-state index contributed by atoms with van der Waals surface area (Å²) in [7, 11) is -1.78. The number of benzene rings is 2. The highest BCUT2D eigenvalue weighted by Gasteiger charge is 2.22. The van der Waals surface area contributed by atoms with Crippen LogP contribution in [0.2, 0.25) is 0 Å². The molecule has 2 aliphatic rings. The molecular weight excluding hydrogens is 564 g/mol. The summed E-state index contributed by atoms with van der Waals surface area (Å²) in [6.45, 7) is 9.08. The molecule has 2 aromatic heterocycles. The summed E-state index contributed by atoms with van der Waals surface area (Å²) in [5, 5.41) is 4.20. The van der Waals surface area contributed by atoms with Crippen molar-refractivity contribution in [3.8, 4) is 22.6 Å². The molecule has 0 atom stereocenters. The van der Waals surface area contributed by atoms with Gasteiger partial charge < -0.3 is 24.5 Å². The molecule has 0 aliphatic carbocycles. The van der Waals surface area contributed by atoms with Gasteiger partial charge in [-0.3, -0.25) is 14.4 Å². The third-order valence-corrected chi connectivity index (χ3v) is 9.88. The molecule has 4 aromatic rings. The van der Waals surface area contributed by atoms with E-state index in [2.05, 4.69) is 37.0 Å². The molecule has 11 heteroatoms. The van der Waals surface area contributed by atoms with Crippen LogP contribution in [0.1, 0.15) is 19.8 Å². The molecular formula is C32H40N6O4S. The van der Waals surface area contributed by atoms with Gasteiger partial charge in [-0.1, -0.05) is 6.07 Å². The number of nitrogens with zero attached hydrogens (tertiary/aromatic N) is 3. The number of anilines is 2. The fourth-order valence-corrected chi connectivity index (χ4v) is 6.75. The lowest BCUT2D eigenvalue weighted by Crippen LogP contribution is -2.48. The Morgan fingerprint density at radius 3 is 2.56 bits per heavy atom. The minimum absolute atomic E-state index is 0.0401. The molecule has 4 heterocycles. The van der Waals surface area contributed by atoms with Gasteiger partial charge in [0.25, 0.3) is 5.56 Å². The van der Waals surface area contributed by atoms with E-state index in [0.29, 0.717) is 28.3 Å². The number of H-pyrrole nitrogens is 1. The maximum Gasteiger partial charge on any atom is 0.274 e. The number of pyridine rings is 1. The molecule has 10 nitrogen and oxygen atoms in total. The van der Waals surface area contributed by atoms with Gasteiger partial charge in [0.15, 0.2) is 0 Å². The number of fused-ring (bicyclic) bond motifs is 1. The standard InChI is InChI=1S/C32H40N6O4S/c1-3-43(40,41)35-24-7-8-30(28(19-24)29-22-36(2)32(39)31-27(29)11-14-34-31)42-26-6-4-5-25(20-26)38-17-15-37(16-18-38)21-23-9-12-33-13-10-23/h4-8,11,14,19-20,22-23,33-35H,3,9-10,12-13,15-18,21H2,1-2H3. The van der Waals surface area contributed by atoms with Gasteiger partial charge in [-0.05, 0) is 75.2 Å². The molecule has 0 unspecified atom stereocenters. The third kappa shape index (κ3) is 6.58. The average molecular weight is 605 g/mol. The van der Waals surface area contributed by atoms with Gasteiger partial charge in [0.1, 0.15) is 17.0 Å². The number of piperidine rings is 1. The minimum atomic E-state index is -3.48. The van der Waals surface area contributed by atoms with E-state index >= 15 is 0 Å². The summed E-state index contributed by atoms with van der Waals surface area (Å²) in [5.41, 5.74) is 3.31. The molecule has 6 rings (SSSR count). The van der Waals surface area contributed by atoms with E-state index in [1.165, 1.54) is 24.0 Å². The lowest BCUT2D eigenvalue weighted by atomic mass is 9.97. The van der Waals surface area contributed by atoms with E-state index < -0.39 is 10.0 Å². The SMILES string of the molecule is CCS(=O)(=O)Nc1ccc(Oc2cccc(N3CCN(CC4CCNCC4)CC3)c2)c(-c2cn(C)c(=O)c3[nH]ccc23)c1. The Bertz CT molecular complexity index is 1750. The summed E-state index contributed by atoms with van der Waals surface area (Å²) in [6, 6.07) is 15.2. The first-order valence-electron chi connectivity index (χ1n) is 15.1. The van der Waals surface area contributed by atoms with E-state index in [1.54, 1.807) is 44.6 Å². The fourth-order valence-electron chi connectivity index (χ4n) is 6.12. The van der Waals surface area contributed by atoms with Crippen LogP contribution >= 0.6 is 0 Å². The second-order valence-electron chi connectivity index (χ2n) is 11.5. The maximum atomic E-state index is 12.7. The van der Waals surface area contributed by atoms with Crippen molar-refractivity contribution in [1.82, 2.24) is 19.8 Å². The molecule has 228 valence electrons. The van der Waals surface area contributed by atoms with Crippen LogP contribution in [0, 0.1) is 5.92 Å². The zero-order chi connectivity index (χ0) is 30.0. The zero-order valence-electron chi connectivity index (χ0n) is 24.8. The lowest BCUT2D eigenvalue weighted by molar-refractivity contribution is 0.196. The number of sulfonamides is 1. The Hall–Kier alpha value is -3.80. The molecule has 0 bridgehead atoms. The van der Waals surface area contributed by atoms with Crippen LogP contribution in [0.3, 0.4) is 0 Å². The van der Waals surface area contributed by atoms with Crippen molar-refractivity contribution in [1.29, 1.82) is 0 Å². The first kappa shape index (κ1) is 29.3. The second-order valence-corrected chi connectivity index (χ2v) is 13.5. The van der Waals surface area contributed by atoms with Crippen molar-refractivity contribution in [2.24, 2.45) is 13.0 Å². The van der Waals surface area contributed by atoms with Gasteiger partial charge in [-0.2, -0.15) is 0 Å². The van der Waals surface area contributed by atoms with Crippen LogP contribution in [0.4, 0.5) is 11.4 Å². The molecule has 0 saturated carbocycles. The number of rotatable bonds is 9. The molecule has 0 radical (unpaired) electrons. The average Bonchev–Trinajstić information content (AvgIpc) is 3.51. The van der Waals surface area contributed by atoms with Crippen LogP contribution in [0.5, 0.6) is 11.5 Å². The van der Waals surface area contributed by atoms with E-state index in [-0.39, 0.29) is 11.3 Å². The molecule has 2 saturated heterocycles. The molecule has 2 fully saturated rings. The second kappa shape index (κ2) is 12.4. The molecule has 3 N–H and O–H groups in total. The Morgan fingerprint density at radius 1 is 1.00 bits per heavy atom. The van der Waals surface area contributed by atoms with Gasteiger partial charge in [-0.15, -0.1) is 0 Å². The number of hydrogen-bond acceptors (Lipinski definition) is 7. The highest BCUT2D eigenvalue weighted by atomic mass is 32.2. The van der Waals surface area contributed by atoms with Gasteiger partial charge in [0.05, 0.1) is 5.75 Å². The van der Waals surface area contributed by atoms with Crippen molar-refractivity contribution in [3.05, 3.63) is 71.3 Å². The van der Waals surface area contributed by atoms with Gasteiger partial charge in [0.2, 0.25) is 10.0 Å². The molecule has 0 amide bonds. The van der Waals surface area contributed by atoms with Crippen LogP contribution in [-0.2, 0) is 17.1 Å². The molecule has 0 spiro atoms. The summed E-state index contributed by atoms with van der Waals surface area (Å²) >= 11 is 0. The third-order valence-electron chi connectivity index (χ3n) is 8.58. The van der Waals surface area contributed by atoms with E-state index in [9.17, 15) is 13.2 Å². The highest BCUT2D eigenvalue weighted by Crippen LogP contribution is 2.39. The quantitative estimate of drug-likeness (QED) is 0.263. The first-order valence-corrected chi connectivity index (χ1v) is 16.7. The number of hydrogen-bond donors (Lipinski definition) is 3. The molecule has 2 aliphatic heterocycles. The zero-order valence-corrected chi connectivity index (χ0v) is 25.6. The van der Waals surface area contributed by atoms with Gasteiger partial charge >= 0.3 is 0 Å². The number of nitrogens with one attached hydrogen (secondary N) is 3. The molecule has 43 heavy (non-hydrogen) atoms. The predicted octanol–water partition coefficient (Wildman–Crippen LogP) is 4.21. The van der Waals surface area contributed by atoms with Crippen molar-refractivity contribution < 1.29 is 13.2 Å². The largest absolute Gasteiger partial charge is 0.457 e. The predicted molar refractivity (Wildman–Crippen MR) is 173 cm³/mol. The van der Waals surface area contributed by atoms with E-state index in [0.717, 1.165) is 61.8 Å². The van der Waals surface area contributed by atoms with Crippen LogP contribution < -0.4 is 25.2 Å². The minimum Gasteiger partial charge on any atom is -0.457 e. The normalized spacial score (nSPS) is 16.9. The number of aromatic amines is 1. The maximum absolute atomic E-state index is 12.7. The first-order chi connectivity index (χ1) is 20.8. The summed E-state index contributed by atoms with van der Waals surface area (Å²) < 4.78 is 35.4. The van der Waals surface area contributed by atoms with Crippen LogP contribution in [0.25, 0.3) is 22.0 Å². The number of piperazine rings is 1. The van der Waals surface area contributed by atoms with E-state index in [4.69, 9.17) is 4.74 Å². The van der Waals surface area contributed by atoms with E-state index in [1.807, 2.05) is 18.2 Å². The summed E-state index contributed by atoms with van der Waals surface area (Å²) in [6.07, 6.45) is 6.03. The van der Waals surface area contributed by atoms with Crippen molar-refractivity contribution in [2.45, 2.75) is 19.8 Å². The fraction of sp³-hybridized carbons (Fsp3) is 0.406. The highest BCUT2D eigenvalue weighted by molar-refractivity contribution is 7.92. The van der Waals surface area contributed by atoms with Gasteiger partial charge in [0, 0.05) is 86.1 Å².